The molecule has 64 valence electrons. The number of rotatable bonds is 2. The first-order chi connectivity index (χ1) is 5.20. The Morgan fingerprint density at radius 3 is 2.45 bits per heavy atom. The first-order valence-electron chi connectivity index (χ1n) is 3.33. The molecule has 0 aliphatic carbocycles. The normalized spacial score (nSPS) is 8.55. The van der Waals surface area contributed by atoms with E-state index in [0.717, 1.165) is 0 Å². The summed E-state index contributed by atoms with van der Waals surface area (Å²) in [7, 11) is 0. The average Bonchev–Trinajstić information content (AvgIpc) is 2.01. The van der Waals surface area contributed by atoms with Gasteiger partial charge in [0.2, 0.25) is 0 Å². The van der Waals surface area contributed by atoms with Gasteiger partial charge in [0.15, 0.2) is 0 Å². The van der Waals surface area contributed by atoms with E-state index in [4.69, 9.17) is 0 Å². The second kappa shape index (κ2) is 5.52. The molecule has 0 aromatic rings. The van der Waals surface area contributed by atoms with Gasteiger partial charge in [-0.25, -0.2) is 9.59 Å². The molecule has 0 bridgehead atoms. The predicted molar refractivity (Wildman–Crippen MR) is 36.5 cm³/mol. The Bertz CT molecular complexity index is 146. The van der Waals surface area contributed by atoms with Crippen LogP contribution in [0, 0.1) is 0 Å². The summed E-state index contributed by atoms with van der Waals surface area (Å²) in [5, 5.41) is 0. The average molecular weight is 161 g/mol. The molecule has 11 heavy (non-hydrogen) atoms. The van der Waals surface area contributed by atoms with E-state index in [-0.39, 0.29) is 13.0 Å². The second-order valence-corrected chi connectivity index (χ2v) is 1.65. The summed E-state index contributed by atoms with van der Waals surface area (Å²) in [5.74, 6) is -0.502. The van der Waals surface area contributed by atoms with Gasteiger partial charge in [0.05, 0.1) is 6.61 Å². The van der Waals surface area contributed by atoms with Crippen molar-refractivity contribution in [1.82, 2.24) is 5.48 Å². The van der Waals surface area contributed by atoms with Crippen LogP contribution in [0.1, 0.15) is 20.3 Å². The van der Waals surface area contributed by atoms with Crippen LogP contribution in [-0.4, -0.2) is 18.7 Å². The number of hydrogen-bond acceptors (Lipinski definition) is 4. The zero-order chi connectivity index (χ0) is 8.69. The second-order valence-electron chi connectivity index (χ2n) is 1.65. The van der Waals surface area contributed by atoms with Crippen LogP contribution in [0.5, 0.6) is 0 Å². The molecule has 5 heteroatoms. The third kappa shape index (κ3) is 5.20. The molecule has 0 aliphatic rings. The third-order valence-corrected chi connectivity index (χ3v) is 0.812. The lowest BCUT2D eigenvalue weighted by atomic mass is 10.5. The van der Waals surface area contributed by atoms with Crippen molar-refractivity contribution in [1.29, 1.82) is 0 Å². The lowest BCUT2D eigenvalue weighted by molar-refractivity contribution is -0.149. The molecule has 0 unspecified atom stereocenters. The highest BCUT2D eigenvalue weighted by molar-refractivity contribution is 5.72. The molecule has 0 rings (SSSR count). The summed E-state index contributed by atoms with van der Waals surface area (Å²) in [5.41, 5.74) is 1.82. The summed E-state index contributed by atoms with van der Waals surface area (Å²) >= 11 is 0. The van der Waals surface area contributed by atoms with Gasteiger partial charge >= 0.3 is 12.1 Å². The molecule has 0 aromatic heterocycles. The predicted octanol–water partition coefficient (Wildman–Crippen LogP) is 0.601. The van der Waals surface area contributed by atoms with Gasteiger partial charge < -0.3 is 9.57 Å². The summed E-state index contributed by atoms with van der Waals surface area (Å²) in [6.07, 6.45) is -0.541. The van der Waals surface area contributed by atoms with E-state index in [2.05, 4.69) is 9.57 Å². The molecule has 1 N–H and O–H groups in total. The molecule has 0 saturated carbocycles. The fourth-order valence-electron chi connectivity index (χ4n) is 0.331. The van der Waals surface area contributed by atoms with Crippen molar-refractivity contribution in [2.24, 2.45) is 0 Å². The van der Waals surface area contributed by atoms with Crippen molar-refractivity contribution < 1.29 is 19.2 Å². The van der Waals surface area contributed by atoms with Crippen molar-refractivity contribution >= 4 is 12.1 Å². The highest BCUT2D eigenvalue weighted by atomic mass is 16.7. The Balaban J connectivity index is 3.38. The molecule has 0 atom stereocenters. The molecule has 0 spiro atoms. The van der Waals surface area contributed by atoms with Gasteiger partial charge in [-0.1, -0.05) is 6.92 Å². The Morgan fingerprint density at radius 1 is 1.36 bits per heavy atom. The zero-order valence-corrected chi connectivity index (χ0v) is 6.55. The van der Waals surface area contributed by atoms with Gasteiger partial charge in [-0.3, -0.25) is 0 Å². The molecule has 1 amide bonds. The Hall–Kier alpha value is -1.26. The number of hydrogen-bond donors (Lipinski definition) is 1. The number of hydroxylamine groups is 1. The Kier molecular flexibility index (Phi) is 4.89. The Morgan fingerprint density at radius 2 is 2.00 bits per heavy atom. The van der Waals surface area contributed by atoms with Crippen LogP contribution in [0.15, 0.2) is 0 Å². The molecule has 0 fully saturated rings. The smallest absolute Gasteiger partial charge is 0.440 e. The van der Waals surface area contributed by atoms with Gasteiger partial charge in [0.25, 0.3) is 0 Å². The quantitative estimate of drug-likeness (QED) is 0.602. The summed E-state index contributed by atoms with van der Waals surface area (Å²) < 4.78 is 4.41. The Labute approximate surface area is 64.6 Å². The molecule has 0 saturated heterocycles. The lowest BCUT2D eigenvalue weighted by Crippen LogP contribution is -2.27. The fourth-order valence-corrected chi connectivity index (χ4v) is 0.331. The highest BCUT2D eigenvalue weighted by Gasteiger charge is 2.03. The molecule has 0 aromatic carbocycles. The van der Waals surface area contributed by atoms with E-state index in [1.165, 1.54) is 0 Å². The molecule has 0 heterocycles. The fraction of sp³-hybridized carbons (Fsp3) is 0.667. The van der Waals surface area contributed by atoms with Crippen molar-refractivity contribution in [3.63, 3.8) is 0 Å². The van der Waals surface area contributed by atoms with Crippen LogP contribution < -0.4 is 5.48 Å². The topological polar surface area (TPSA) is 64.6 Å². The maximum Gasteiger partial charge on any atom is 0.440 e. The number of nitrogens with one attached hydrogen (secondary N) is 1. The van der Waals surface area contributed by atoms with E-state index >= 15 is 0 Å². The van der Waals surface area contributed by atoms with Gasteiger partial charge in [-0.05, 0) is 6.92 Å². The van der Waals surface area contributed by atoms with Crippen LogP contribution in [-0.2, 0) is 14.4 Å². The molecular formula is C6H11NO4. The van der Waals surface area contributed by atoms with Crippen molar-refractivity contribution in [2.45, 2.75) is 20.3 Å². The summed E-state index contributed by atoms with van der Waals surface area (Å²) in [6, 6.07) is 0. The zero-order valence-electron chi connectivity index (χ0n) is 6.55. The van der Waals surface area contributed by atoms with E-state index < -0.39 is 12.1 Å². The van der Waals surface area contributed by atoms with Crippen molar-refractivity contribution in [3.8, 4) is 0 Å². The minimum Gasteiger partial charge on any atom is -0.448 e. The molecule has 0 aliphatic heterocycles. The molecule has 0 radical (unpaired) electrons. The van der Waals surface area contributed by atoms with Gasteiger partial charge in [-0.15, -0.1) is 5.48 Å². The lowest BCUT2D eigenvalue weighted by Gasteiger charge is -2.03. The van der Waals surface area contributed by atoms with E-state index in [1.807, 2.05) is 5.48 Å². The van der Waals surface area contributed by atoms with Crippen LogP contribution >= 0.6 is 0 Å². The number of ether oxygens (including phenoxy) is 1. The van der Waals surface area contributed by atoms with Crippen molar-refractivity contribution in [2.75, 3.05) is 6.61 Å². The first-order valence-corrected chi connectivity index (χ1v) is 3.33. The van der Waals surface area contributed by atoms with Crippen LogP contribution in [0.2, 0.25) is 0 Å². The van der Waals surface area contributed by atoms with Gasteiger partial charge in [-0.2, -0.15) is 0 Å². The first kappa shape index (κ1) is 9.74. The highest BCUT2D eigenvalue weighted by Crippen LogP contribution is 1.81. The largest absolute Gasteiger partial charge is 0.448 e. The summed E-state index contributed by atoms with van der Waals surface area (Å²) in [6.45, 7) is 3.52. The van der Waals surface area contributed by atoms with Crippen LogP contribution in [0.4, 0.5) is 4.79 Å². The van der Waals surface area contributed by atoms with Gasteiger partial charge in [0.1, 0.15) is 0 Å². The molecular weight excluding hydrogens is 150 g/mol. The standard InChI is InChI=1S/C6H11NO4/c1-3-5(8)11-7-6(9)10-4-2/h3-4H2,1-2H3,(H,7,9). The van der Waals surface area contributed by atoms with Gasteiger partial charge in [0, 0.05) is 6.42 Å². The molecule has 5 nitrogen and oxygen atoms in total. The minimum absolute atomic E-state index is 0.215. The monoisotopic (exact) mass is 161 g/mol. The van der Waals surface area contributed by atoms with Crippen LogP contribution in [0.25, 0.3) is 0 Å². The van der Waals surface area contributed by atoms with E-state index in [9.17, 15) is 9.59 Å². The summed E-state index contributed by atoms with van der Waals surface area (Å²) in [4.78, 5) is 25.1. The van der Waals surface area contributed by atoms with Crippen molar-refractivity contribution in [3.05, 3.63) is 0 Å². The van der Waals surface area contributed by atoms with E-state index in [1.54, 1.807) is 13.8 Å². The van der Waals surface area contributed by atoms with Crippen LogP contribution in [0.3, 0.4) is 0 Å². The maximum atomic E-state index is 10.5. The van der Waals surface area contributed by atoms with E-state index in [0.29, 0.717) is 0 Å². The number of amides is 1. The number of carbonyl (C=O) groups excluding carboxylic acids is 2. The SMILES string of the molecule is CCOC(=O)NOC(=O)CC. The minimum atomic E-state index is -0.755. The third-order valence-electron chi connectivity index (χ3n) is 0.812. The maximum absolute atomic E-state index is 10.5. The number of carbonyl (C=O) groups is 2.